The number of nitrogens with zero attached hydrogens (tertiary/aromatic N) is 2. The molecule has 0 bridgehead atoms. The summed E-state index contributed by atoms with van der Waals surface area (Å²) in [4.78, 5) is 29.0. The van der Waals surface area contributed by atoms with Gasteiger partial charge in [-0.15, -0.1) is 0 Å². The number of H-pyrrole nitrogens is 1. The van der Waals surface area contributed by atoms with Gasteiger partial charge in [0.1, 0.15) is 0 Å². The van der Waals surface area contributed by atoms with Crippen LogP contribution in [0.25, 0.3) is 0 Å². The Morgan fingerprint density at radius 2 is 1.93 bits per heavy atom. The molecule has 76 valence electrons. The maximum atomic E-state index is 11.4. The lowest BCUT2D eigenvalue weighted by Gasteiger charge is -2.02. The van der Waals surface area contributed by atoms with Gasteiger partial charge >= 0.3 is 5.69 Å². The van der Waals surface area contributed by atoms with E-state index in [1.165, 1.54) is 12.3 Å². The van der Waals surface area contributed by atoms with Crippen LogP contribution in [0.5, 0.6) is 0 Å². The molecule has 2 rings (SSSR count). The highest BCUT2D eigenvalue weighted by Gasteiger charge is 2.00. The third kappa shape index (κ3) is 2.01. The molecule has 2 aromatic heterocycles. The molecule has 0 aliphatic rings. The van der Waals surface area contributed by atoms with Crippen LogP contribution in [0.2, 0.25) is 0 Å². The Balaban J connectivity index is 2.41. The zero-order chi connectivity index (χ0) is 10.7. The van der Waals surface area contributed by atoms with E-state index in [2.05, 4.69) is 9.97 Å². The lowest BCUT2D eigenvalue weighted by atomic mass is 10.3. The predicted octanol–water partition coefficient (Wildman–Crippen LogP) is -0.0201. The van der Waals surface area contributed by atoms with Crippen molar-refractivity contribution >= 4 is 0 Å². The average Bonchev–Trinajstić information content (AvgIpc) is 2.25. The maximum absolute atomic E-state index is 11.4. The Hall–Kier alpha value is -2.17. The topological polar surface area (TPSA) is 67.8 Å². The minimum absolute atomic E-state index is 0.261. The highest BCUT2D eigenvalue weighted by atomic mass is 16.2. The van der Waals surface area contributed by atoms with Crippen LogP contribution in [0.3, 0.4) is 0 Å². The minimum Gasteiger partial charge on any atom is -0.314 e. The van der Waals surface area contributed by atoms with Gasteiger partial charge in [0, 0.05) is 24.7 Å². The molecule has 2 heterocycles. The van der Waals surface area contributed by atoms with E-state index in [0.717, 1.165) is 10.1 Å². The molecule has 0 saturated carbocycles. The zero-order valence-corrected chi connectivity index (χ0v) is 7.88. The van der Waals surface area contributed by atoms with Crippen molar-refractivity contribution in [2.75, 3.05) is 0 Å². The molecule has 2 aromatic rings. The fourth-order valence-electron chi connectivity index (χ4n) is 1.27. The SMILES string of the molecule is O=c1cc[nH]c(=O)n1Cc1ccncc1. The second-order valence-electron chi connectivity index (χ2n) is 3.06. The molecule has 0 fully saturated rings. The highest BCUT2D eigenvalue weighted by molar-refractivity contribution is 5.10. The second-order valence-corrected chi connectivity index (χ2v) is 3.06. The van der Waals surface area contributed by atoms with Gasteiger partial charge in [-0.05, 0) is 17.7 Å². The van der Waals surface area contributed by atoms with Crippen LogP contribution >= 0.6 is 0 Å². The molecule has 0 amide bonds. The number of hydrogen-bond acceptors (Lipinski definition) is 3. The number of rotatable bonds is 2. The summed E-state index contributed by atoms with van der Waals surface area (Å²) >= 11 is 0. The summed E-state index contributed by atoms with van der Waals surface area (Å²) in [7, 11) is 0. The minimum atomic E-state index is -0.403. The van der Waals surface area contributed by atoms with Gasteiger partial charge in [-0.3, -0.25) is 14.3 Å². The molecule has 5 nitrogen and oxygen atoms in total. The molecule has 0 radical (unpaired) electrons. The van der Waals surface area contributed by atoms with E-state index >= 15 is 0 Å². The fourth-order valence-corrected chi connectivity index (χ4v) is 1.27. The molecule has 0 aliphatic carbocycles. The molecule has 0 aromatic carbocycles. The van der Waals surface area contributed by atoms with Gasteiger partial charge in [-0.25, -0.2) is 4.79 Å². The monoisotopic (exact) mass is 203 g/mol. The van der Waals surface area contributed by atoms with Crippen LogP contribution in [0.4, 0.5) is 0 Å². The van der Waals surface area contributed by atoms with Crippen LogP contribution in [0.1, 0.15) is 5.56 Å². The van der Waals surface area contributed by atoms with Gasteiger partial charge in [-0.1, -0.05) is 0 Å². The van der Waals surface area contributed by atoms with Crippen molar-refractivity contribution in [3.05, 3.63) is 63.2 Å². The standard InChI is InChI=1S/C10H9N3O2/c14-9-3-6-12-10(15)13(9)7-8-1-4-11-5-2-8/h1-6H,7H2,(H,12,15). The van der Waals surface area contributed by atoms with E-state index in [-0.39, 0.29) is 12.1 Å². The molecule has 0 unspecified atom stereocenters. The normalized spacial score (nSPS) is 10.1. The Morgan fingerprint density at radius 3 is 2.60 bits per heavy atom. The third-order valence-corrected chi connectivity index (χ3v) is 2.03. The second kappa shape index (κ2) is 3.91. The fraction of sp³-hybridized carbons (Fsp3) is 0.100. The van der Waals surface area contributed by atoms with E-state index in [4.69, 9.17) is 0 Å². The molecule has 5 heteroatoms. The van der Waals surface area contributed by atoms with Crippen molar-refractivity contribution in [3.8, 4) is 0 Å². The van der Waals surface area contributed by atoms with E-state index < -0.39 is 5.69 Å². The quantitative estimate of drug-likeness (QED) is 0.745. The summed E-state index contributed by atoms with van der Waals surface area (Å²) in [5.41, 5.74) is 0.152. The average molecular weight is 203 g/mol. The number of pyridine rings is 1. The Morgan fingerprint density at radius 1 is 1.20 bits per heavy atom. The van der Waals surface area contributed by atoms with Gasteiger partial charge in [0.2, 0.25) is 0 Å². The largest absolute Gasteiger partial charge is 0.328 e. The van der Waals surface area contributed by atoms with Crippen molar-refractivity contribution in [1.29, 1.82) is 0 Å². The van der Waals surface area contributed by atoms with Crippen molar-refractivity contribution in [2.24, 2.45) is 0 Å². The number of hydrogen-bond donors (Lipinski definition) is 1. The first-order valence-corrected chi connectivity index (χ1v) is 4.45. The van der Waals surface area contributed by atoms with Crippen LogP contribution in [0.15, 0.2) is 46.4 Å². The molecule has 1 N–H and O–H groups in total. The first kappa shape index (κ1) is 9.39. The van der Waals surface area contributed by atoms with E-state index in [9.17, 15) is 9.59 Å². The van der Waals surface area contributed by atoms with E-state index in [1.54, 1.807) is 24.5 Å². The Bertz CT molecular complexity index is 528. The molecule has 0 saturated heterocycles. The summed E-state index contributed by atoms with van der Waals surface area (Å²) in [6, 6.07) is 4.85. The van der Waals surface area contributed by atoms with E-state index in [0.29, 0.717) is 0 Å². The lowest BCUT2D eigenvalue weighted by Crippen LogP contribution is -2.34. The predicted molar refractivity (Wildman–Crippen MR) is 54.7 cm³/mol. The van der Waals surface area contributed by atoms with Gasteiger partial charge in [0.05, 0.1) is 6.54 Å². The molecular formula is C10H9N3O2. The number of nitrogens with one attached hydrogen (secondary N) is 1. The van der Waals surface area contributed by atoms with Crippen molar-refractivity contribution in [3.63, 3.8) is 0 Å². The van der Waals surface area contributed by atoms with Gasteiger partial charge in [0.15, 0.2) is 0 Å². The molecule has 0 atom stereocenters. The maximum Gasteiger partial charge on any atom is 0.328 e. The van der Waals surface area contributed by atoms with Crippen LogP contribution in [-0.4, -0.2) is 14.5 Å². The summed E-state index contributed by atoms with van der Waals surface area (Å²) in [5, 5.41) is 0. The third-order valence-electron chi connectivity index (χ3n) is 2.03. The Kier molecular flexibility index (Phi) is 2.45. The lowest BCUT2D eigenvalue weighted by molar-refractivity contribution is 0.698. The van der Waals surface area contributed by atoms with Crippen molar-refractivity contribution < 1.29 is 0 Å². The molecule has 0 spiro atoms. The zero-order valence-electron chi connectivity index (χ0n) is 7.88. The van der Waals surface area contributed by atoms with Crippen LogP contribution in [-0.2, 0) is 6.54 Å². The smallest absolute Gasteiger partial charge is 0.314 e. The van der Waals surface area contributed by atoms with Crippen molar-refractivity contribution in [2.45, 2.75) is 6.54 Å². The molecular weight excluding hydrogens is 194 g/mol. The summed E-state index contributed by atoms with van der Waals surface area (Å²) in [5.74, 6) is 0. The van der Waals surface area contributed by atoms with Gasteiger partial charge in [0.25, 0.3) is 5.56 Å². The van der Waals surface area contributed by atoms with Crippen LogP contribution in [0, 0.1) is 0 Å². The summed E-state index contributed by atoms with van der Waals surface area (Å²) < 4.78 is 1.13. The van der Waals surface area contributed by atoms with Gasteiger partial charge in [-0.2, -0.15) is 0 Å². The molecule has 15 heavy (non-hydrogen) atoms. The van der Waals surface area contributed by atoms with E-state index in [1.807, 2.05) is 0 Å². The first-order chi connectivity index (χ1) is 7.27. The molecule has 0 aliphatic heterocycles. The highest BCUT2D eigenvalue weighted by Crippen LogP contribution is 1.95. The van der Waals surface area contributed by atoms with Crippen molar-refractivity contribution in [1.82, 2.24) is 14.5 Å². The first-order valence-electron chi connectivity index (χ1n) is 4.45. The number of aromatic amines is 1. The van der Waals surface area contributed by atoms with Gasteiger partial charge < -0.3 is 4.98 Å². The van der Waals surface area contributed by atoms with Crippen LogP contribution < -0.4 is 11.2 Å². The summed E-state index contributed by atoms with van der Waals surface area (Å²) in [6.07, 6.45) is 4.59. The Labute approximate surface area is 85.0 Å². The summed E-state index contributed by atoms with van der Waals surface area (Å²) in [6.45, 7) is 0.261. The number of aromatic nitrogens is 3.